The van der Waals surface area contributed by atoms with Crippen LogP contribution >= 0.6 is 0 Å². The lowest BCUT2D eigenvalue weighted by molar-refractivity contribution is -0.116. The van der Waals surface area contributed by atoms with Crippen molar-refractivity contribution in [2.75, 3.05) is 32.4 Å². The molecule has 0 spiro atoms. The van der Waals surface area contributed by atoms with E-state index in [1.807, 2.05) is 31.3 Å². The summed E-state index contributed by atoms with van der Waals surface area (Å²) in [6.07, 6.45) is 3.29. The first-order valence-electron chi connectivity index (χ1n) is 6.12. The second kappa shape index (κ2) is 7.50. The minimum Gasteiger partial charge on any atom is -0.399 e. The topological polar surface area (TPSA) is 58.4 Å². The quantitative estimate of drug-likeness (QED) is 0.589. The number of nitrogens with two attached hydrogens (primary N) is 1. The molecule has 0 aliphatic rings. The van der Waals surface area contributed by atoms with E-state index in [0.29, 0.717) is 12.2 Å². The average molecular weight is 247 g/mol. The summed E-state index contributed by atoms with van der Waals surface area (Å²) in [5.74, 6) is -0.0815. The van der Waals surface area contributed by atoms with Crippen LogP contribution in [0.5, 0.6) is 0 Å². The predicted molar refractivity (Wildman–Crippen MR) is 76.1 cm³/mol. The summed E-state index contributed by atoms with van der Waals surface area (Å²) in [7, 11) is 2.02. The SMILES string of the molecule is CCN(C)CCNC(=O)/C=C/c1cccc(N)c1. The average Bonchev–Trinajstić information content (AvgIpc) is 2.36. The van der Waals surface area contributed by atoms with Gasteiger partial charge >= 0.3 is 0 Å². The molecule has 0 saturated carbocycles. The Kier molecular flexibility index (Phi) is 5.94. The minimum absolute atomic E-state index is 0.0815. The third-order valence-electron chi connectivity index (χ3n) is 2.67. The fraction of sp³-hybridized carbons (Fsp3) is 0.357. The number of nitrogen functional groups attached to an aromatic ring is 1. The van der Waals surface area contributed by atoms with Crippen LogP contribution in [0.1, 0.15) is 12.5 Å². The van der Waals surface area contributed by atoms with Crippen molar-refractivity contribution in [3.8, 4) is 0 Å². The van der Waals surface area contributed by atoms with Gasteiger partial charge < -0.3 is 16.0 Å². The third kappa shape index (κ3) is 5.50. The van der Waals surface area contributed by atoms with E-state index in [1.54, 1.807) is 6.08 Å². The van der Waals surface area contributed by atoms with Gasteiger partial charge in [-0.25, -0.2) is 0 Å². The number of carbonyl (C=O) groups excluding carboxylic acids is 1. The highest BCUT2D eigenvalue weighted by molar-refractivity contribution is 5.91. The van der Waals surface area contributed by atoms with Gasteiger partial charge in [-0.1, -0.05) is 19.1 Å². The number of hydrogen-bond donors (Lipinski definition) is 2. The van der Waals surface area contributed by atoms with Crippen LogP contribution in [0.2, 0.25) is 0 Å². The van der Waals surface area contributed by atoms with Crippen molar-refractivity contribution >= 4 is 17.7 Å². The number of hydrogen-bond acceptors (Lipinski definition) is 3. The lowest BCUT2D eigenvalue weighted by Gasteiger charge is -2.13. The van der Waals surface area contributed by atoms with E-state index in [1.165, 1.54) is 6.08 Å². The molecule has 98 valence electrons. The van der Waals surface area contributed by atoms with Crippen molar-refractivity contribution in [1.29, 1.82) is 0 Å². The van der Waals surface area contributed by atoms with Gasteiger partial charge in [0.15, 0.2) is 0 Å². The molecule has 0 unspecified atom stereocenters. The lowest BCUT2D eigenvalue weighted by Crippen LogP contribution is -2.31. The van der Waals surface area contributed by atoms with E-state index < -0.39 is 0 Å². The number of amides is 1. The normalized spacial score (nSPS) is 11.1. The number of benzene rings is 1. The monoisotopic (exact) mass is 247 g/mol. The Morgan fingerprint density at radius 2 is 2.28 bits per heavy atom. The highest BCUT2D eigenvalue weighted by Crippen LogP contribution is 2.07. The van der Waals surface area contributed by atoms with E-state index in [0.717, 1.165) is 18.7 Å². The summed E-state index contributed by atoms with van der Waals surface area (Å²) in [4.78, 5) is 13.7. The molecule has 0 aliphatic heterocycles. The molecule has 0 fully saturated rings. The molecule has 1 amide bonds. The van der Waals surface area contributed by atoms with Crippen molar-refractivity contribution in [3.63, 3.8) is 0 Å². The highest BCUT2D eigenvalue weighted by Gasteiger charge is 1.97. The number of likely N-dealkylation sites (N-methyl/N-ethyl adjacent to an activating group) is 1. The zero-order valence-corrected chi connectivity index (χ0v) is 11.0. The summed E-state index contributed by atoms with van der Waals surface area (Å²) in [6.45, 7) is 4.58. The van der Waals surface area contributed by atoms with Crippen LogP contribution in [-0.2, 0) is 4.79 Å². The number of rotatable bonds is 6. The Hall–Kier alpha value is -1.81. The Morgan fingerprint density at radius 3 is 2.94 bits per heavy atom. The molecule has 0 heterocycles. The second-order valence-corrected chi connectivity index (χ2v) is 4.19. The molecule has 0 aromatic heterocycles. The van der Waals surface area contributed by atoms with E-state index in [2.05, 4.69) is 17.1 Å². The smallest absolute Gasteiger partial charge is 0.244 e. The number of nitrogens with zero attached hydrogens (tertiary/aromatic N) is 1. The second-order valence-electron chi connectivity index (χ2n) is 4.19. The van der Waals surface area contributed by atoms with Crippen LogP contribution in [0.15, 0.2) is 30.3 Å². The molecule has 4 heteroatoms. The van der Waals surface area contributed by atoms with Gasteiger partial charge in [0.2, 0.25) is 5.91 Å². The largest absolute Gasteiger partial charge is 0.399 e. The summed E-state index contributed by atoms with van der Waals surface area (Å²) >= 11 is 0. The van der Waals surface area contributed by atoms with Crippen LogP contribution < -0.4 is 11.1 Å². The summed E-state index contributed by atoms with van der Waals surface area (Å²) < 4.78 is 0. The molecule has 1 rings (SSSR count). The van der Waals surface area contributed by atoms with Gasteiger partial charge in [0, 0.05) is 24.9 Å². The van der Waals surface area contributed by atoms with Crippen LogP contribution in [0.3, 0.4) is 0 Å². The molecule has 0 bridgehead atoms. The van der Waals surface area contributed by atoms with Crippen molar-refractivity contribution in [3.05, 3.63) is 35.9 Å². The fourth-order valence-electron chi connectivity index (χ4n) is 1.42. The molecule has 1 aromatic rings. The van der Waals surface area contributed by atoms with Gasteiger partial charge in [-0.3, -0.25) is 4.79 Å². The Balaban J connectivity index is 2.36. The van der Waals surface area contributed by atoms with Gasteiger partial charge in [0.05, 0.1) is 0 Å². The molecule has 0 radical (unpaired) electrons. The van der Waals surface area contributed by atoms with E-state index in [-0.39, 0.29) is 5.91 Å². The number of nitrogens with one attached hydrogen (secondary N) is 1. The number of anilines is 1. The van der Waals surface area contributed by atoms with Crippen LogP contribution in [0.25, 0.3) is 6.08 Å². The van der Waals surface area contributed by atoms with Crippen molar-refractivity contribution in [2.24, 2.45) is 0 Å². The highest BCUT2D eigenvalue weighted by atomic mass is 16.1. The molecule has 3 N–H and O–H groups in total. The molecule has 1 aromatic carbocycles. The summed E-state index contributed by atoms with van der Waals surface area (Å²) in [6, 6.07) is 7.42. The van der Waals surface area contributed by atoms with Crippen molar-refractivity contribution < 1.29 is 4.79 Å². The Labute approximate surface area is 108 Å². The first-order valence-corrected chi connectivity index (χ1v) is 6.12. The molecule has 18 heavy (non-hydrogen) atoms. The first-order chi connectivity index (χ1) is 8.61. The molecular formula is C14H21N3O. The summed E-state index contributed by atoms with van der Waals surface area (Å²) in [5, 5.41) is 2.83. The Bertz CT molecular complexity index is 415. The van der Waals surface area contributed by atoms with E-state index in [4.69, 9.17) is 5.73 Å². The molecule has 0 atom stereocenters. The third-order valence-corrected chi connectivity index (χ3v) is 2.67. The fourth-order valence-corrected chi connectivity index (χ4v) is 1.42. The summed E-state index contributed by atoms with van der Waals surface area (Å²) in [5.41, 5.74) is 7.28. The van der Waals surface area contributed by atoms with Crippen LogP contribution in [0.4, 0.5) is 5.69 Å². The molecule has 4 nitrogen and oxygen atoms in total. The minimum atomic E-state index is -0.0815. The van der Waals surface area contributed by atoms with E-state index >= 15 is 0 Å². The van der Waals surface area contributed by atoms with Gasteiger partial charge in [0.1, 0.15) is 0 Å². The Morgan fingerprint density at radius 1 is 1.50 bits per heavy atom. The molecular weight excluding hydrogens is 226 g/mol. The van der Waals surface area contributed by atoms with Crippen LogP contribution in [-0.4, -0.2) is 37.5 Å². The molecule has 0 saturated heterocycles. The molecule has 0 aliphatic carbocycles. The standard InChI is InChI=1S/C14H21N3O/c1-3-17(2)10-9-16-14(18)8-7-12-5-4-6-13(15)11-12/h4-8,11H,3,9-10,15H2,1-2H3,(H,16,18)/b8-7+. The zero-order valence-electron chi connectivity index (χ0n) is 11.0. The maximum absolute atomic E-state index is 11.5. The lowest BCUT2D eigenvalue weighted by atomic mass is 10.2. The van der Waals surface area contributed by atoms with Crippen molar-refractivity contribution in [2.45, 2.75) is 6.92 Å². The first kappa shape index (κ1) is 14.3. The van der Waals surface area contributed by atoms with Crippen LogP contribution in [0, 0.1) is 0 Å². The van der Waals surface area contributed by atoms with E-state index in [9.17, 15) is 4.79 Å². The van der Waals surface area contributed by atoms with Gasteiger partial charge in [-0.2, -0.15) is 0 Å². The number of carbonyl (C=O) groups is 1. The van der Waals surface area contributed by atoms with Crippen molar-refractivity contribution in [1.82, 2.24) is 10.2 Å². The van der Waals surface area contributed by atoms with Gasteiger partial charge in [-0.05, 0) is 37.4 Å². The zero-order chi connectivity index (χ0) is 13.4. The maximum atomic E-state index is 11.5. The van der Waals surface area contributed by atoms with Gasteiger partial charge in [-0.15, -0.1) is 0 Å². The van der Waals surface area contributed by atoms with Gasteiger partial charge in [0.25, 0.3) is 0 Å². The predicted octanol–water partition coefficient (Wildman–Crippen LogP) is 1.35. The maximum Gasteiger partial charge on any atom is 0.244 e.